The van der Waals surface area contributed by atoms with Crippen molar-refractivity contribution in [2.75, 3.05) is 0 Å². The summed E-state index contributed by atoms with van der Waals surface area (Å²) in [7, 11) is 0. The first-order chi connectivity index (χ1) is 6.94. The maximum Gasteiger partial charge on any atom is 0.139 e. The summed E-state index contributed by atoms with van der Waals surface area (Å²) >= 11 is 0. The number of carbonyl (C=O) groups excluding carboxylic acids is 1. The van der Waals surface area contributed by atoms with E-state index in [9.17, 15) is 4.79 Å². The molecule has 0 heterocycles. The molecule has 1 aliphatic carbocycles. The monoisotopic (exact) mass is 208 g/mol. The van der Waals surface area contributed by atoms with Crippen molar-refractivity contribution in [2.45, 2.75) is 53.4 Å². The molecule has 0 N–H and O–H groups in total. The molecule has 0 aromatic heterocycles. The van der Waals surface area contributed by atoms with Gasteiger partial charge in [0.25, 0.3) is 0 Å². The smallest absolute Gasteiger partial charge is 0.139 e. The second kappa shape index (κ2) is 4.96. The van der Waals surface area contributed by atoms with Crippen LogP contribution in [0.1, 0.15) is 53.4 Å². The van der Waals surface area contributed by atoms with Crippen molar-refractivity contribution < 1.29 is 4.79 Å². The third-order valence-electron chi connectivity index (χ3n) is 3.49. The van der Waals surface area contributed by atoms with E-state index in [4.69, 9.17) is 0 Å². The highest BCUT2D eigenvalue weighted by Crippen LogP contribution is 2.36. The third kappa shape index (κ3) is 3.19. The van der Waals surface area contributed by atoms with Gasteiger partial charge in [-0.15, -0.1) is 0 Å². The molecular formula is C14H24O. The third-order valence-corrected chi connectivity index (χ3v) is 3.49. The Balaban J connectivity index is 2.67. The molecule has 0 spiro atoms. The van der Waals surface area contributed by atoms with Crippen LogP contribution in [0.2, 0.25) is 0 Å². The summed E-state index contributed by atoms with van der Waals surface area (Å²) in [6, 6.07) is 0. The second-order valence-electron chi connectivity index (χ2n) is 5.71. The maximum absolute atomic E-state index is 12.1. The van der Waals surface area contributed by atoms with Crippen molar-refractivity contribution in [1.29, 1.82) is 0 Å². The fraction of sp³-hybridized carbons (Fsp3) is 0.786. The fourth-order valence-corrected chi connectivity index (χ4v) is 2.25. The summed E-state index contributed by atoms with van der Waals surface area (Å²) in [5.74, 6) is 1.36. The lowest BCUT2D eigenvalue weighted by atomic mass is 9.70. The van der Waals surface area contributed by atoms with Gasteiger partial charge >= 0.3 is 0 Å². The SMILES string of the molecule is CC(C)CC(=O)C(C)(C)[C@H]1C=CCCC1. The van der Waals surface area contributed by atoms with E-state index in [1.165, 1.54) is 19.3 Å². The van der Waals surface area contributed by atoms with Crippen molar-refractivity contribution in [2.24, 2.45) is 17.3 Å². The number of carbonyl (C=O) groups is 1. The Morgan fingerprint density at radius 3 is 2.60 bits per heavy atom. The molecule has 0 aromatic carbocycles. The molecule has 0 saturated heterocycles. The van der Waals surface area contributed by atoms with Crippen LogP contribution in [-0.4, -0.2) is 5.78 Å². The molecule has 0 radical (unpaired) electrons. The molecule has 0 amide bonds. The lowest BCUT2D eigenvalue weighted by molar-refractivity contribution is -0.129. The Hall–Kier alpha value is -0.590. The number of Topliss-reactive ketones (excluding diaryl/α,β-unsaturated/α-hetero) is 1. The van der Waals surface area contributed by atoms with Crippen molar-refractivity contribution in [3.63, 3.8) is 0 Å². The predicted octanol–water partition coefficient (Wildman–Crippen LogP) is 3.98. The minimum absolute atomic E-state index is 0.165. The van der Waals surface area contributed by atoms with Gasteiger partial charge in [0, 0.05) is 11.8 Å². The maximum atomic E-state index is 12.1. The van der Waals surface area contributed by atoms with Gasteiger partial charge in [0.15, 0.2) is 0 Å². The van der Waals surface area contributed by atoms with Crippen molar-refractivity contribution in [3.05, 3.63) is 12.2 Å². The lowest BCUT2D eigenvalue weighted by Crippen LogP contribution is -2.33. The molecule has 0 aromatic rings. The Kier molecular flexibility index (Phi) is 4.12. The molecule has 1 atom stereocenters. The average molecular weight is 208 g/mol. The van der Waals surface area contributed by atoms with E-state index in [2.05, 4.69) is 39.8 Å². The van der Waals surface area contributed by atoms with E-state index in [0.29, 0.717) is 17.6 Å². The number of allylic oxidation sites excluding steroid dienone is 2. The number of hydrogen-bond donors (Lipinski definition) is 0. The van der Waals surface area contributed by atoms with E-state index in [-0.39, 0.29) is 5.41 Å². The molecule has 1 aliphatic rings. The highest BCUT2D eigenvalue weighted by molar-refractivity contribution is 5.84. The quantitative estimate of drug-likeness (QED) is 0.639. The van der Waals surface area contributed by atoms with E-state index in [1.807, 2.05) is 0 Å². The van der Waals surface area contributed by atoms with Gasteiger partial charge in [0.2, 0.25) is 0 Å². The van der Waals surface area contributed by atoms with Gasteiger partial charge in [-0.25, -0.2) is 0 Å². The van der Waals surface area contributed by atoms with Gasteiger partial charge in [0.1, 0.15) is 5.78 Å². The summed E-state index contributed by atoms with van der Waals surface area (Å²) in [5, 5.41) is 0. The summed E-state index contributed by atoms with van der Waals surface area (Å²) in [6.45, 7) is 8.45. The van der Waals surface area contributed by atoms with Crippen molar-refractivity contribution in [3.8, 4) is 0 Å². The molecule has 0 unspecified atom stereocenters. The highest BCUT2D eigenvalue weighted by atomic mass is 16.1. The molecule has 15 heavy (non-hydrogen) atoms. The molecule has 0 bridgehead atoms. The minimum atomic E-state index is -0.165. The topological polar surface area (TPSA) is 17.1 Å². The van der Waals surface area contributed by atoms with Gasteiger partial charge in [-0.3, -0.25) is 4.79 Å². The van der Waals surface area contributed by atoms with Gasteiger partial charge in [-0.05, 0) is 31.1 Å². The van der Waals surface area contributed by atoms with Crippen LogP contribution in [0, 0.1) is 17.3 Å². The van der Waals surface area contributed by atoms with Crippen molar-refractivity contribution in [1.82, 2.24) is 0 Å². The Labute approximate surface area is 93.9 Å². The summed E-state index contributed by atoms with van der Waals surface area (Å²) in [5.41, 5.74) is -0.165. The molecule has 86 valence electrons. The van der Waals surface area contributed by atoms with Crippen LogP contribution in [0.5, 0.6) is 0 Å². The van der Waals surface area contributed by atoms with Gasteiger partial charge < -0.3 is 0 Å². The Morgan fingerprint density at radius 1 is 1.47 bits per heavy atom. The summed E-state index contributed by atoms with van der Waals surface area (Å²) in [6.07, 6.45) is 8.80. The van der Waals surface area contributed by atoms with Gasteiger partial charge in [-0.2, -0.15) is 0 Å². The zero-order chi connectivity index (χ0) is 11.5. The van der Waals surface area contributed by atoms with Crippen LogP contribution in [0.25, 0.3) is 0 Å². The largest absolute Gasteiger partial charge is 0.299 e. The number of rotatable bonds is 4. The van der Waals surface area contributed by atoms with Crippen LogP contribution >= 0.6 is 0 Å². The van der Waals surface area contributed by atoms with Gasteiger partial charge in [-0.1, -0.05) is 39.8 Å². The zero-order valence-corrected chi connectivity index (χ0v) is 10.5. The van der Waals surface area contributed by atoms with E-state index < -0.39 is 0 Å². The first kappa shape index (κ1) is 12.5. The van der Waals surface area contributed by atoms with Crippen LogP contribution in [0.4, 0.5) is 0 Å². The van der Waals surface area contributed by atoms with Crippen molar-refractivity contribution >= 4 is 5.78 Å². The molecule has 0 aliphatic heterocycles. The summed E-state index contributed by atoms with van der Waals surface area (Å²) < 4.78 is 0. The standard InChI is InChI=1S/C14H24O/c1-11(2)10-13(15)14(3,4)12-8-6-5-7-9-12/h6,8,11-12H,5,7,9-10H2,1-4H3/t12-/m0/s1. The molecule has 1 rings (SSSR count). The van der Waals surface area contributed by atoms with Crippen LogP contribution in [0.15, 0.2) is 12.2 Å². The second-order valence-corrected chi connectivity index (χ2v) is 5.71. The Bertz CT molecular complexity index is 248. The summed E-state index contributed by atoms with van der Waals surface area (Å²) in [4.78, 5) is 12.1. The first-order valence-electron chi connectivity index (χ1n) is 6.14. The average Bonchev–Trinajstić information content (AvgIpc) is 2.18. The molecule has 1 heteroatoms. The zero-order valence-electron chi connectivity index (χ0n) is 10.5. The lowest BCUT2D eigenvalue weighted by Gasteiger charge is -2.33. The van der Waals surface area contributed by atoms with Crippen LogP contribution in [0.3, 0.4) is 0 Å². The van der Waals surface area contributed by atoms with Crippen LogP contribution < -0.4 is 0 Å². The first-order valence-corrected chi connectivity index (χ1v) is 6.14. The van der Waals surface area contributed by atoms with E-state index in [0.717, 1.165) is 6.42 Å². The fourth-order valence-electron chi connectivity index (χ4n) is 2.25. The minimum Gasteiger partial charge on any atom is -0.299 e. The van der Waals surface area contributed by atoms with Gasteiger partial charge in [0.05, 0.1) is 0 Å². The van der Waals surface area contributed by atoms with E-state index in [1.54, 1.807) is 0 Å². The Morgan fingerprint density at radius 2 is 2.13 bits per heavy atom. The van der Waals surface area contributed by atoms with Crippen LogP contribution in [-0.2, 0) is 4.79 Å². The normalized spacial score (nSPS) is 22.1. The molecule has 1 nitrogen and oxygen atoms in total. The number of ketones is 1. The highest BCUT2D eigenvalue weighted by Gasteiger charge is 2.35. The molecular weight excluding hydrogens is 184 g/mol. The molecule has 0 fully saturated rings. The number of hydrogen-bond acceptors (Lipinski definition) is 1. The van der Waals surface area contributed by atoms with E-state index >= 15 is 0 Å². The molecule has 0 saturated carbocycles. The predicted molar refractivity (Wildman–Crippen MR) is 64.7 cm³/mol.